The predicted octanol–water partition coefficient (Wildman–Crippen LogP) is 3.45. The molecule has 2 aromatic rings. The zero-order chi connectivity index (χ0) is 19.6. The number of nitrogens with one attached hydrogen (secondary N) is 1. The first-order valence-corrected chi connectivity index (χ1v) is 10.7. The monoisotopic (exact) mass is 385 g/mol. The number of hydrogen-bond acceptors (Lipinski definition) is 4. The lowest BCUT2D eigenvalue weighted by molar-refractivity contribution is -0.132. The number of rotatable bonds is 5. The summed E-state index contributed by atoms with van der Waals surface area (Å²) in [6.45, 7) is 3.82. The van der Waals surface area contributed by atoms with Crippen LogP contribution in [0, 0.1) is 6.92 Å². The van der Waals surface area contributed by atoms with Crippen LogP contribution in [0.15, 0.2) is 53.6 Å². The van der Waals surface area contributed by atoms with E-state index in [1.54, 1.807) is 12.1 Å². The molecule has 6 nitrogen and oxygen atoms in total. The van der Waals surface area contributed by atoms with Crippen LogP contribution in [0.5, 0.6) is 0 Å². The molecule has 7 heteroatoms. The molecule has 0 aromatic heterocycles. The molecule has 1 unspecified atom stereocenters. The fraction of sp³-hybridized carbons (Fsp3) is 0.300. The highest BCUT2D eigenvalue weighted by molar-refractivity contribution is 7.92. The molecule has 1 atom stereocenters. The van der Waals surface area contributed by atoms with E-state index in [1.165, 1.54) is 5.01 Å². The molecule has 0 radical (unpaired) electrons. The Balaban J connectivity index is 2.03. The number of anilines is 1. The Morgan fingerprint density at radius 1 is 1.19 bits per heavy atom. The van der Waals surface area contributed by atoms with Gasteiger partial charge in [-0.25, -0.2) is 13.4 Å². The highest BCUT2D eigenvalue weighted by Crippen LogP contribution is 2.36. The van der Waals surface area contributed by atoms with Gasteiger partial charge in [0.25, 0.3) is 0 Å². The second kappa shape index (κ2) is 7.52. The number of hydrazone groups is 1. The molecule has 0 aliphatic carbocycles. The molecule has 2 aromatic carbocycles. The van der Waals surface area contributed by atoms with Gasteiger partial charge in [0.1, 0.15) is 0 Å². The van der Waals surface area contributed by atoms with Gasteiger partial charge in [-0.1, -0.05) is 49.4 Å². The Labute approximate surface area is 159 Å². The summed E-state index contributed by atoms with van der Waals surface area (Å²) < 4.78 is 25.9. The van der Waals surface area contributed by atoms with Gasteiger partial charge in [0.15, 0.2) is 0 Å². The molecule has 1 heterocycles. The molecule has 0 fully saturated rings. The van der Waals surface area contributed by atoms with E-state index >= 15 is 0 Å². The maximum atomic E-state index is 12.5. The van der Waals surface area contributed by atoms with Crippen molar-refractivity contribution in [1.29, 1.82) is 0 Å². The molecule has 142 valence electrons. The molecule has 0 bridgehead atoms. The number of carbonyl (C=O) groups excluding carboxylic acids is 1. The zero-order valence-electron chi connectivity index (χ0n) is 15.6. The highest BCUT2D eigenvalue weighted by atomic mass is 32.2. The van der Waals surface area contributed by atoms with Crippen molar-refractivity contribution in [1.82, 2.24) is 5.01 Å². The fourth-order valence-corrected chi connectivity index (χ4v) is 3.87. The predicted molar refractivity (Wildman–Crippen MR) is 107 cm³/mol. The molecule has 3 rings (SSSR count). The van der Waals surface area contributed by atoms with Gasteiger partial charge in [-0.3, -0.25) is 9.52 Å². The topological polar surface area (TPSA) is 78.8 Å². The molecule has 1 aliphatic rings. The molecule has 27 heavy (non-hydrogen) atoms. The molecular weight excluding hydrogens is 362 g/mol. The first kappa shape index (κ1) is 19.1. The second-order valence-electron chi connectivity index (χ2n) is 6.63. The summed E-state index contributed by atoms with van der Waals surface area (Å²) in [6.07, 6.45) is 1.99. The summed E-state index contributed by atoms with van der Waals surface area (Å²) in [4.78, 5) is 12.5. The van der Waals surface area contributed by atoms with Gasteiger partial charge in [-0.2, -0.15) is 5.10 Å². The third-order valence-electron chi connectivity index (χ3n) is 4.55. The van der Waals surface area contributed by atoms with Gasteiger partial charge in [0.05, 0.1) is 23.7 Å². The van der Waals surface area contributed by atoms with E-state index in [1.807, 2.05) is 50.2 Å². The van der Waals surface area contributed by atoms with Crippen molar-refractivity contribution in [2.24, 2.45) is 5.10 Å². The summed E-state index contributed by atoms with van der Waals surface area (Å²) in [7, 11) is -3.42. The summed E-state index contributed by atoms with van der Waals surface area (Å²) in [5.74, 6) is -0.0631. The van der Waals surface area contributed by atoms with Crippen LogP contribution in [0.4, 0.5) is 5.69 Å². The van der Waals surface area contributed by atoms with E-state index in [9.17, 15) is 13.2 Å². The van der Waals surface area contributed by atoms with Gasteiger partial charge < -0.3 is 0 Å². The van der Waals surface area contributed by atoms with Crippen LogP contribution in [-0.4, -0.2) is 31.3 Å². The zero-order valence-corrected chi connectivity index (χ0v) is 16.5. The minimum absolute atomic E-state index is 0.0631. The lowest BCUT2D eigenvalue weighted by atomic mass is 9.94. The average molecular weight is 385 g/mol. The SMILES string of the molecule is CCC(=O)N1N=C(c2ccccc2NS(C)(=O)=O)CC1c1ccccc1C. The third kappa shape index (κ3) is 4.19. The molecule has 0 spiro atoms. The van der Waals surface area contributed by atoms with E-state index in [-0.39, 0.29) is 11.9 Å². The minimum atomic E-state index is -3.42. The van der Waals surface area contributed by atoms with Crippen molar-refractivity contribution in [3.05, 3.63) is 65.2 Å². The molecular formula is C20H23N3O3S. The van der Waals surface area contributed by atoms with Gasteiger partial charge >= 0.3 is 0 Å². The van der Waals surface area contributed by atoms with Gasteiger partial charge in [0, 0.05) is 18.4 Å². The van der Waals surface area contributed by atoms with Crippen LogP contribution in [0.3, 0.4) is 0 Å². The Morgan fingerprint density at radius 2 is 1.85 bits per heavy atom. The van der Waals surface area contributed by atoms with E-state index in [0.29, 0.717) is 29.8 Å². The van der Waals surface area contributed by atoms with Crippen LogP contribution >= 0.6 is 0 Å². The second-order valence-corrected chi connectivity index (χ2v) is 8.38. The average Bonchev–Trinajstić information content (AvgIpc) is 3.05. The van der Waals surface area contributed by atoms with Crippen LogP contribution in [-0.2, 0) is 14.8 Å². The quantitative estimate of drug-likeness (QED) is 0.856. The van der Waals surface area contributed by atoms with Gasteiger partial charge in [-0.05, 0) is 24.1 Å². The highest BCUT2D eigenvalue weighted by Gasteiger charge is 2.33. The van der Waals surface area contributed by atoms with E-state index in [4.69, 9.17) is 0 Å². The van der Waals surface area contributed by atoms with E-state index < -0.39 is 10.0 Å². The Morgan fingerprint density at radius 3 is 2.52 bits per heavy atom. The number of para-hydroxylation sites is 1. The summed E-state index contributed by atoms with van der Waals surface area (Å²) in [5, 5.41) is 6.12. The smallest absolute Gasteiger partial charge is 0.242 e. The van der Waals surface area contributed by atoms with Crippen molar-refractivity contribution in [2.75, 3.05) is 11.0 Å². The van der Waals surface area contributed by atoms with E-state index in [0.717, 1.165) is 17.4 Å². The summed E-state index contributed by atoms with van der Waals surface area (Å²) in [5.41, 5.74) is 3.99. The lowest BCUT2D eigenvalue weighted by Crippen LogP contribution is -2.26. The summed E-state index contributed by atoms with van der Waals surface area (Å²) in [6, 6.07) is 14.9. The minimum Gasteiger partial charge on any atom is -0.283 e. The third-order valence-corrected chi connectivity index (χ3v) is 5.14. The summed E-state index contributed by atoms with van der Waals surface area (Å²) >= 11 is 0. The van der Waals surface area contributed by atoms with Crippen molar-refractivity contribution in [3.8, 4) is 0 Å². The van der Waals surface area contributed by atoms with Crippen molar-refractivity contribution < 1.29 is 13.2 Å². The number of nitrogens with zero attached hydrogens (tertiary/aromatic N) is 2. The Bertz CT molecular complexity index is 999. The Hall–Kier alpha value is -2.67. The van der Waals surface area contributed by atoms with Crippen LogP contribution in [0.1, 0.15) is 42.5 Å². The normalized spacial score (nSPS) is 16.9. The molecule has 0 saturated heterocycles. The van der Waals surface area contributed by atoms with Crippen molar-refractivity contribution in [2.45, 2.75) is 32.7 Å². The number of sulfonamides is 1. The first-order valence-electron chi connectivity index (χ1n) is 8.82. The number of hydrogen-bond donors (Lipinski definition) is 1. The maximum absolute atomic E-state index is 12.5. The lowest BCUT2D eigenvalue weighted by Gasteiger charge is -2.23. The largest absolute Gasteiger partial charge is 0.283 e. The molecule has 1 amide bonds. The maximum Gasteiger partial charge on any atom is 0.242 e. The number of amides is 1. The van der Waals surface area contributed by atoms with Crippen LogP contribution in [0.2, 0.25) is 0 Å². The van der Waals surface area contributed by atoms with Crippen LogP contribution in [0.25, 0.3) is 0 Å². The first-order chi connectivity index (χ1) is 12.8. The van der Waals surface area contributed by atoms with Gasteiger partial charge in [0.2, 0.25) is 15.9 Å². The number of aryl methyl sites for hydroxylation is 1. The van der Waals surface area contributed by atoms with E-state index in [2.05, 4.69) is 9.82 Å². The number of carbonyl (C=O) groups is 1. The molecule has 1 N–H and O–H groups in total. The van der Waals surface area contributed by atoms with Crippen molar-refractivity contribution >= 4 is 27.3 Å². The van der Waals surface area contributed by atoms with Gasteiger partial charge in [-0.15, -0.1) is 0 Å². The standard InChI is InChI=1S/C20H23N3O3S/c1-4-20(24)23-19(15-10-6-5-9-14(15)2)13-18(21-23)16-11-7-8-12-17(16)22-27(3,25)26/h5-12,19,22H,4,13H2,1-3H3. The molecule has 1 aliphatic heterocycles. The fourth-order valence-electron chi connectivity index (χ4n) is 3.29. The van der Waals surface area contributed by atoms with Crippen molar-refractivity contribution in [3.63, 3.8) is 0 Å². The Kier molecular flexibility index (Phi) is 5.32. The number of benzene rings is 2. The molecule has 0 saturated carbocycles. The van der Waals surface area contributed by atoms with Crippen LogP contribution < -0.4 is 4.72 Å².